The molecular formula is C16H14Cl2N2O4. The van der Waals surface area contributed by atoms with Crippen LogP contribution in [0.25, 0.3) is 0 Å². The minimum atomic E-state index is -0.481. The second kappa shape index (κ2) is 7.90. The van der Waals surface area contributed by atoms with Crippen molar-refractivity contribution in [3.63, 3.8) is 0 Å². The molecule has 0 unspecified atom stereocenters. The molecule has 0 radical (unpaired) electrons. The van der Waals surface area contributed by atoms with Crippen LogP contribution in [0.2, 0.25) is 10.0 Å². The molecule has 0 saturated carbocycles. The molecule has 0 aliphatic heterocycles. The molecule has 0 heterocycles. The Balaban J connectivity index is 1.82. The van der Waals surface area contributed by atoms with Gasteiger partial charge < -0.3 is 20.8 Å². The van der Waals surface area contributed by atoms with Crippen LogP contribution in [0.4, 0.5) is 0 Å². The third-order valence-corrected chi connectivity index (χ3v) is 3.78. The second-order valence-corrected chi connectivity index (χ2v) is 5.69. The molecule has 8 heteroatoms. The maximum absolute atomic E-state index is 11.9. The van der Waals surface area contributed by atoms with Gasteiger partial charge in [-0.2, -0.15) is 0 Å². The summed E-state index contributed by atoms with van der Waals surface area (Å²) in [6.45, 7) is 0.359. The number of nitrogens with one attached hydrogen (secondary N) is 2. The summed E-state index contributed by atoms with van der Waals surface area (Å²) in [5.74, 6) is -1.26. The fourth-order valence-electron chi connectivity index (χ4n) is 1.92. The van der Waals surface area contributed by atoms with Gasteiger partial charge in [-0.1, -0.05) is 23.2 Å². The zero-order valence-electron chi connectivity index (χ0n) is 12.3. The average Bonchev–Trinajstić information content (AvgIpc) is 2.52. The zero-order chi connectivity index (χ0) is 17.7. The van der Waals surface area contributed by atoms with Gasteiger partial charge in [0.25, 0.3) is 11.8 Å². The van der Waals surface area contributed by atoms with Crippen LogP contribution in [0, 0.1) is 0 Å². The van der Waals surface area contributed by atoms with Crippen molar-refractivity contribution >= 4 is 35.0 Å². The number of carbonyl (C=O) groups is 2. The zero-order valence-corrected chi connectivity index (χ0v) is 13.9. The van der Waals surface area contributed by atoms with Crippen LogP contribution in [0.3, 0.4) is 0 Å². The molecule has 0 spiro atoms. The van der Waals surface area contributed by atoms with E-state index in [1.807, 2.05) is 0 Å². The third kappa shape index (κ3) is 4.78. The molecule has 2 rings (SSSR count). The number of aromatic hydroxyl groups is 2. The molecule has 126 valence electrons. The molecular weight excluding hydrogens is 355 g/mol. The van der Waals surface area contributed by atoms with E-state index in [0.717, 1.165) is 6.07 Å². The van der Waals surface area contributed by atoms with Crippen molar-refractivity contribution in [2.24, 2.45) is 0 Å². The molecule has 0 atom stereocenters. The summed E-state index contributed by atoms with van der Waals surface area (Å²) in [6.07, 6.45) is 0. The Morgan fingerprint density at radius 3 is 1.88 bits per heavy atom. The molecule has 0 aliphatic carbocycles. The van der Waals surface area contributed by atoms with E-state index in [2.05, 4.69) is 10.6 Å². The third-order valence-electron chi connectivity index (χ3n) is 3.04. The van der Waals surface area contributed by atoms with Gasteiger partial charge in [0.2, 0.25) is 0 Å². The molecule has 6 nitrogen and oxygen atoms in total. The van der Waals surface area contributed by atoms with Crippen molar-refractivity contribution in [1.29, 1.82) is 0 Å². The monoisotopic (exact) mass is 368 g/mol. The highest BCUT2D eigenvalue weighted by Gasteiger charge is 2.10. The number of benzene rings is 2. The fraction of sp³-hybridized carbons (Fsp3) is 0.125. The quantitative estimate of drug-likeness (QED) is 0.609. The number of phenolic OH excluding ortho intramolecular Hbond substituents is 2. The average molecular weight is 369 g/mol. The number of halogens is 2. The first-order valence-electron chi connectivity index (χ1n) is 6.91. The van der Waals surface area contributed by atoms with Crippen LogP contribution >= 0.6 is 23.2 Å². The molecule has 2 aromatic rings. The van der Waals surface area contributed by atoms with Crippen molar-refractivity contribution in [2.75, 3.05) is 13.1 Å². The smallest absolute Gasteiger partial charge is 0.251 e. The van der Waals surface area contributed by atoms with Crippen molar-refractivity contribution < 1.29 is 19.8 Å². The van der Waals surface area contributed by atoms with Gasteiger partial charge in [-0.15, -0.1) is 0 Å². The first-order valence-corrected chi connectivity index (χ1v) is 7.67. The molecule has 0 bridgehead atoms. The van der Waals surface area contributed by atoms with E-state index in [4.69, 9.17) is 23.2 Å². The summed E-state index contributed by atoms with van der Waals surface area (Å²) in [5.41, 5.74) is 0.469. The molecule has 2 amide bonds. The Labute approximate surface area is 148 Å². The van der Waals surface area contributed by atoms with Gasteiger partial charge in [0.15, 0.2) is 0 Å². The Hall–Kier alpha value is -2.44. The van der Waals surface area contributed by atoms with E-state index in [1.54, 1.807) is 0 Å². The molecule has 0 aliphatic rings. The molecule has 0 aromatic heterocycles. The van der Waals surface area contributed by atoms with Crippen molar-refractivity contribution in [2.45, 2.75) is 0 Å². The van der Waals surface area contributed by atoms with E-state index >= 15 is 0 Å². The number of hydrogen-bond acceptors (Lipinski definition) is 4. The molecule has 2 aromatic carbocycles. The second-order valence-electron chi connectivity index (χ2n) is 4.88. The van der Waals surface area contributed by atoms with Gasteiger partial charge in [-0.3, -0.25) is 9.59 Å². The largest absolute Gasteiger partial charge is 0.508 e. The van der Waals surface area contributed by atoms with Gasteiger partial charge in [-0.25, -0.2) is 0 Å². The SMILES string of the molecule is O=C(NCCNC(=O)c1ccc(Cl)c(Cl)c1)c1cc(O)cc(O)c1. The van der Waals surface area contributed by atoms with Crippen LogP contribution in [0.5, 0.6) is 11.5 Å². The van der Waals surface area contributed by atoms with Gasteiger partial charge in [0.05, 0.1) is 10.0 Å². The van der Waals surface area contributed by atoms with Crippen LogP contribution < -0.4 is 10.6 Å². The number of phenols is 2. The topological polar surface area (TPSA) is 98.7 Å². The van der Waals surface area contributed by atoms with Crippen LogP contribution in [0.15, 0.2) is 36.4 Å². The lowest BCUT2D eigenvalue weighted by molar-refractivity contribution is 0.0927. The van der Waals surface area contributed by atoms with Crippen LogP contribution in [-0.4, -0.2) is 35.1 Å². The molecule has 0 saturated heterocycles. The van der Waals surface area contributed by atoms with Gasteiger partial charge in [0, 0.05) is 30.3 Å². The Bertz CT molecular complexity index is 760. The van der Waals surface area contributed by atoms with Crippen molar-refractivity contribution in [3.05, 3.63) is 57.6 Å². The van der Waals surface area contributed by atoms with Crippen LogP contribution in [-0.2, 0) is 0 Å². The van der Waals surface area contributed by atoms with E-state index in [0.29, 0.717) is 10.6 Å². The summed E-state index contributed by atoms with van der Waals surface area (Å²) in [7, 11) is 0. The van der Waals surface area contributed by atoms with E-state index in [1.165, 1.54) is 30.3 Å². The fourth-order valence-corrected chi connectivity index (χ4v) is 2.22. The lowest BCUT2D eigenvalue weighted by atomic mass is 10.2. The summed E-state index contributed by atoms with van der Waals surface area (Å²) >= 11 is 11.6. The highest BCUT2D eigenvalue weighted by atomic mass is 35.5. The minimum absolute atomic E-state index is 0.114. The lowest BCUT2D eigenvalue weighted by Crippen LogP contribution is -2.34. The molecule has 0 fully saturated rings. The van der Waals surface area contributed by atoms with Gasteiger partial charge in [-0.05, 0) is 30.3 Å². The lowest BCUT2D eigenvalue weighted by Gasteiger charge is -2.08. The first-order chi connectivity index (χ1) is 11.4. The summed E-state index contributed by atoms with van der Waals surface area (Å²) in [4.78, 5) is 23.8. The van der Waals surface area contributed by atoms with Gasteiger partial charge in [0.1, 0.15) is 11.5 Å². The number of hydrogen-bond donors (Lipinski definition) is 4. The molecule has 4 N–H and O–H groups in total. The molecule has 24 heavy (non-hydrogen) atoms. The minimum Gasteiger partial charge on any atom is -0.508 e. The predicted octanol–water partition coefficient (Wildman–Crippen LogP) is 2.56. The van der Waals surface area contributed by atoms with Gasteiger partial charge >= 0.3 is 0 Å². The van der Waals surface area contributed by atoms with E-state index < -0.39 is 5.91 Å². The maximum Gasteiger partial charge on any atom is 0.251 e. The maximum atomic E-state index is 11.9. The Morgan fingerprint density at radius 2 is 1.33 bits per heavy atom. The normalized spacial score (nSPS) is 10.2. The standard InChI is InChI=1S/C16H14Cl2N2O4/c17-13-2-1-9(7-14(13)18)15(23)19-3-4-20-16(24)10-5-11(21)8-12(22)6-10/h1-2,5-8,21-22H,3-4H2,(H,19,23)(H,20,24). The Kier molecular flexibility index (Phi) is 5.89. The Morgan fingerprint density at radius 1 is 0.792 bits per heavy atom. The first kappa shape index (κ1) is 17.9. The summed E-state index contributed by atoms with van der Waals surface area (Å²) in [6, 6.07) is 8.08. The number of rotatable bonds is 5. The number of amides is 2. The predicted molar refractivity (Wildman–Crippen MR) is 90.9 cm³/mol. The summed E-state index contributed by atoms with van der Waals surface area (Å²) in [5, 5.41) is 24.5. The van der Waals surface area contributed by atoms with Crippen molar-refractivity contribution in [3.8, 4) is 11.5 Å². The van der Waals surface area contributed by atoms with E-state index in [9.17, 15) is 19.8 Å². The highest BCUT2D eigenvalue weighted by molar-refractivity contribution is 6.42. The van der Waals surface area contributed by atoms with Crippen LogP contribution in [0.1, 0.15) is 20.7 Å². The number of carbonyl (C=O) groups excluding carboxylic acids is 2. The highest BCUT2D eigenvalue weighted by Crippen LogP contribution is 2.22. The summed E-state index contributed by atoms with van der Waals surface area (Å²) < 4.78 is 0. The van der Waals surface area contributed by atoms with Crippen molar-refractivity contribution in [1.82, 2.24) is 10.6 Å². The van der Waals surface area contributed by atoms with E-state index in [-0.39, 0.29) is 41.1 Å².